The number of carbonyl (C=O) groups is 2. The Kier molecular flexibility index (Phi) is 3.71. The molecule has 0 aromatic carbocycles. The number of fused-ring (bicyclic) bond motifs is 2. The van der Waals surface area contributed by atoms with Crippen LogP contribution in [-0.4, -0.2) is 58.0 Å². The lowest BCUT2D eigenvalue weighted by molar-refractivity contribution is -0.145. The van der Waals surface area contributed by atoms with E-state index in [0.29, 0.717) is 6.54 Å². The van der Waals surface area contributed by atoms with Crippen LogP contribution in [-0.2, 0) is 9.59 Å². The molecule has 2 amide bonds. The van der Waals surface area contributed by atoms with Crippen molar-refractivity contribution in [3.63, 3.8) is 0 Å². The van der Waals surface area contributed by atoms with E-state index in [4.69, 9.17) is 0 Å². The van der Waals surface area contributed by atoms with E-state index in [9.17, 15) is 14.7 Å². The van der Waals surface area contributed by atoms with Crippen LogP contribution in [0.3, 0.4) is 0 Å². The molecule has 3 aliphatic heterocycles. The average molecular weight is 280 g/mol. The second-order valence-corrected chi connectivity index (χ2v) is 6.56. The zero-order chi connectivity index (χ0) is 14.3. The summed E-state index contributed by atoms with van der Waals surface area (Å²) in [6.45, 7) is 2.94. The van der Waals surface area contributed by atoms with Crippen molar-refractivity contribution < 1.29 is 14.7 Å². The Morgan fingerprint density at radius 1 is 1.10 bits per heavy atom. The van der Waals surface area contributed by atoms with Crippen LogP contribution in [0.5, 0.6) is 0 Å². The Hall–Kier alpha value is -1.10. The van der Waals surface area contributed by atoms with E-state index in [1.807, 2.05) is 4.90 Å². The molecule has 3 aliphatic rings. The van der Waals surface area contributed by atoms with Crippen molar-refractivity contribution in [3.05, 3.63) is 0 Å². The standard InChI is InChI=1S/C15H24N2O3/c1-10(18)16-6-2-3-11(9-16)15(20)17-12-4-5-13(17)8-14(19)7-12/h11-14,19H,2-9H2,1H3. The SMILES string of the molecule is CC(=O)N1CCCC(C(=O)N2C3CCC2CC(O)C3)C1. The summed E-state index contributed by atoms with van der Waals surface area (Å²) in [6, 6.07) is 0.452. The Bertz CT molecular complexity index is 398. The third-order valence-electron chi connectivity index (χ3n) is 5.18. The molecule has 5 heteroatoms. The van der Waals surface area contributed by atoms with Crippen LogP contribution in [0.2, 0.25) is 0 Å². The average Bonchev–Trinajstić information content (AvgIpc) is 2.70. The summed E-state index contributed by atoms with van der Waals surface area (Å²) in [6.07, 6.45) is 5.07. The summed E-state index contributed by atoms with van der Waals surface area (Å²) in [5, 5.41) is 9.82. The van der Waals surface area contributed by atoms with Gasteiger partial charge in [0.15, 0.2) is 0 Å². The molecule has 112 valence electrons. The second-order valence-electron chi connectivity index (χ2n) is 6.56. The fourth-order valence-corrected chi connectivity index (χ4v) is 4.18. The smallest absolute Gasteiger partial charge is 0.227 e. The molecule has 0 aromatic rings. The van der Waals surface area contributed by atoms with Gasteiger partial charge in [-0.2, -0.15) is 0 Å². The van der Waals surface area contributed by atoms with Gasteiger partial charge in [0.05, 0.1) is 12.0 Å². The maximum atomic E-state index is 12.8. The van der Waals surface area contributed by atoms with Gasteiger partial charge in [0.1, 0.15) is 0 Å². The van der Waals surface area contributed by atoms with Gasteiger partial charge in [-0.05, 0) is 38.5 Å². The Labute approximate surface area is 119 Å². The number of amides is 2. The molecule has 3 rings (SSSR count). The van der Waals surface area contributed by atoms with Gasteiger partial charge in [0, 0.05) is 32.1 Å². The summed E-state index contributed by atoms with van der Waals surface area (Å²) in [7, 11) is 0. The van der Waals surface area contributed by atoms with Crippen LogP contribution in [0.4, 0.5) is 0 Å². The third-order valence-corrected chi connectivity index (χ3v) is 5.18. The lowest BCUT2D eigenvalue weighted by Gasteiger charge is -2.41. The van der Waals surface area contributed by atoms with Crippen molar-refractivity contribution in [3.8, 4) is 0 Å². The highest BCUT2D eigenvalue weighted by Crippen LogP contribution is 2.37. The Balaban J connectivity index is 1.68. The molecule has 2 bridgehead atoms. The van der Waals surface area contributed by atoms with Crippen molar-refractivity contribution in [1.82, 2.24) is 9.80 Å². The molecule has 3 fully saturated rings. The number of aliphatic hydroxyl groups is 1. The molecule has 3 saturated heterocycles. The highest BCUT2D eigenvalue weighted by atomic mass is 16.3. The summed E-state index contributed by atoms with van der Waals surface area (Å²) in [5.74, 6) is 0.251. The number of aliphatic hydroxyl groups excluding tert-OH is 1. The van der Waals surface area contributed by atoms with Crippen LogP contribution in [0, 0.1) is 5.92 Å². The van der Waals surface area contributed by atoms with Gasteiger partial charge in [0.25, 0.3) is 0 Å². The van der Waals surface area contributed by atoms with E-state index in [-0.39, 0.29) is 35.9 Å². The summed E-state index contributed by atoms with van der Waals surface area (Å²) < 4.78 is 0. The summed E-state index contributed by atoms with van der Waals surface area (Å²) in [5.41, 5.74) is 0. The minimum absolute atomic E-state index is 0.0361. The van der Waals surface area contributed by atoms with Gasteiger partial charge in [-0.3, -0.25) is 9.59 Å². The topological polar surface area (TPSA) is 60.9 Å². The summed E-state index contributed by atoms with van der Waals surface area (Å²) >= 11 is 0. The first-order valence-corrected chi connectivity index (χ1v) is 7.82. The zero-order valence-corrected chi connectivity index (χ0v) is 12.1. The predicted molar refractivity (Wildman–Crippen MR) is 73.9 cm³/mol. The first-order valence-electron chi connectivity index (χ1n) is 7.82. The molecular formula is C15H24N2O3. The molecule has 0 radical (unpaired) electrons. The van der Waals surface area contributed by atoms with Crippen LogP contribution in [0.25, 0.3) is 0 Å². The lowest BCUT2D eigenvalue weighted by atomic mass is 9.92. The first kappa shape index (κ1) is 13.9. The first-order chi connectivity index (χ1) is 9.56. The fraction of sp³-hybridized carbons (Fsp3) is 0.867. The van der Waals surface area contributed by atoms with Gasteiger partial charge in [-0.25, -0.2) is 0 Å². The molecule has 3 heterocycles. The zero-order valence-electron chi connectivity index (χ0n) is 12.1. The third kappa shape index (κ3) is 2.43. The maximum Gasteiger partial charge on any atom is 0.227 e. The summed E-state index contributed by atoms with van der Waals surface area (Å²) in [4.78, 5) is 28.1. The number of hydrogen-bond acceptors (Lipinski definition) is 3. The molecule has 20 heavy (non-hydrogen) atoms. The molecule has 0 aliphatic carbocycles. The number of carbonyl (C=O) groups excluding carboxylic acids is 2. The largest absolute Gasteiger partial charge is 0.393 e. The molecule has 3 atom stereocenters. The van der Waals surface area contributed by atoms with E-state index in [0.717, 1.165) is 45.1 Å². The van der Waals surface area contributed by atoms with Gasteiger partial charge in [-0.15, -0.1) is 0 Å². The number of hydrogen-bond donors (Lipinski definition) is 1. The normalized spacial score (nSPS) is 37.1. The fourth-order valence-electron chi connectivity index (χ4n) is 4.18. The second kappa shape index (κ2) is 5.35. The van der Waals surface area contributed by atoms with Crippen LogP contribution >= 0.6 is 0 Å². The van der Waals surface area contributed by atoms with E-state index in [1.54, 1.807) is 11.8 Å². The van der Waals surface area contributed by atoms with E-state index in [1.165, 1.54) is 0 Å². The quantitative estimate of drug-likeness (QED) is 0.771. The minimum atomic E-state index is -0.239. The predicted octanol–water partition coefficient (Wildman–Crippen LogP) is 0.759. The molecule has 3 unspecified atom stereocenters. The molecule has 0 spiro atoms. The number of nitrogens with zero attached hydrogens (tertiary/aromatic N) is 2. The van der Waals surface area contributed by atoms with Gasteiger partial charge >= 0.3 is 0 Å². The lowest BCUT2D eigenvalue weighted by Crippen LogP contribution is -2.53. The van der Waals surface area contributed by atoms with E-state index >= 15 is 0 Å². The number of likely N-dealkylation sites (tertiary alicyclic amines) is 1. The molecule has 0 saturated carbocycles. The molecule has 0 aromatic heterocycles. The Morgan fingerprint density at radius 3 is 2.35 bits per heavy atom. The van der Waals surface area contributed by atoms with Gasteiger partial charge in [0.2, 0.25) is 11.8 Å². The maximum absolute atomic E-state index is 12.8. The van der Waals surface area contributed by atoms with E-state index < -0.39 is 0 Å². The molecule has 5 nitrogen and oxygen atoms in total. The van der Waals surface area contributed by atoms with Gasteiger partial charge < -0.3 is 14.9 Å². The molecular weight excluding hydrogens is 256 g/mol. The minimum Gasteiger partial charge on any atom is -0.393 e. The van der Waals surface area contributed by atoms with Gasteiger partial charge in [-0.1, -0.05) is 0 Å². The number of piperidine rings is 2. The van der Waals surface area contributed by atoms with Crippen molar-refractivity contribution in [1.29, 1.82) is 0 Å². The monoisotopic (exact) mass is 280 g/mol. The highest BCUT2D eigenvalue weighted by molar-refractivity contribution is 5.81. The Morgan fingerprint density at radius 2 is 1.75 bits per heavy atom. The van der Waals surface area contributed by atoms with Crippen molar-refractivity contribution in [2.24, 2.45) is 5.92 Å². The van der Waals surface area contributed by atoms with Crippen LogP contribution < -0.4 is 0 Å². The highest BCUT2D eigenvalue weighted by Gasteiger charge is 2.45. The van der Waals surface area contributed by atoms with Crippen molar-refractivity contribution in [2.75, 3.05) is 13.1 Å². The number of rotatable bonds is 1. The van der Waals surface area contributed by atoms with Crippen molar-refractivity contribution in [2.45, 2.75) is 63.6 Å². The van der Waals surface area contributed by atoms with Crippen molar-refractivity contribution >= 4 is 11.8 Å². The molecule has 1 N–H and O–H groups in total. The van der Waals surface area contributed by atoms with E-state index in [2.05, 4.69) is 0 Å². The van der Waals surface area contributed by atoms with Crippen LogP contribution in [0.1, 0.15) is 45.4 Å². The van der Waals surface area contributed by atoms with Crippen LogP contribution in [0.15, 0.2) is 0 Å².